The lowest BCUT2D eigenvalue weighted by molar-refractivity contribution is -0.140. The molecule has 1 aliphatic rings. The largest absolute Gasteiger partial charge is 0.352 e. The highest BCUT2D eigenvalue weighted by atomic mass is 35.5. The highest BCUT2D eigenvalue weighted by Gasteiger charge is 2.35. The summed E-state index contributed by atoms with van der Waals surface area (Å²) >= 11 is 6.12. The molecule has 4 rings (SSSR count). The molecular formula is C34H42ClN3O4S. The van der Waals surface area contributed by atoms with E-state index >= 15 is 0 Å². The first kappa shape index (κ1) is 32.6. The van der Waals surface area contributed by atoms with E-state index in [9.17, 15) is 18.0 Å². The van der Waals surface area contributed by atoms with Crippen molar-refractivity contribution in [1.82, 2.24) is 10.2 Å². The zero-order chi connectivity index (χ0) is 31.1. The van der Waals surface area contributed by atoms with Crippen molar-refractivity contribution in [3.63, 3.8) is 0 Å². The summed E-state index contributed by atoms with van der Waals surface area (Å²) < 4.78 is 29.4. The van der Waals surface area contributed by atoms with E-state index in [1.807, 2.05) is 52.0 Å². The molecule has 1 saturated carbocycles. The first-order valence-electron chi connectivity index (χ1n) is 15.0. The van der Waals surface area contributed by atoms with Crippen LogP contribution in [0, 0.1) is 20.8 Å². The van der Waals surface area contributed by atoms with Gasteiger partial charge >= 0.3 is 0 Å². The van der Waals surface area contributed by atoms with Crippen LogP contribution >= 0.6 is 11.6 Å². The highest BCUT2D eigenvalue weighted by molar-refractivity contribution is 7.92. The molecule has 1 aliphatic carbocycles. The van der Waals surface area contributed by atoms with Crippen LogP contribution in [-0.2, 0) is 26.2 Å². The minimum Gasteiger partial charge on any atom is -0.352 e. The summed E-state index contributed by atoms with van der Waals surface area (Å²) in [6, 6.07) is 18.5. The van der Waals surface area contributed by atoms with E-state index in [1.165, 1.54) is 9.21 Å². The molecule has 0 saturated heterocycles. The Labute approximate surface area is 261 Å². The maximum Gasteiger partial charge on any atom is 0.264 e. The molecule has 0 aliphatic heterocycles. The molecule has 0 bridgehead atoms. The Morgan fingerprint density at radius 2 is 1.53 bits per heavy atom. The fourth-order valence-electron chi connectivity index (χ4n) is 5.69. The molecule has 1 N–H and O–H groups in total. The van der Waals surface area contributed by atoms with E-state index in [-0.39, 0.29) is 23.4 Å². The second-order valence-corrected chi connectivity index (χ2v) is 13.8. The fraction of sp³-hybridized carbons (Fsp3) is 0.412. The van der Waals surface area contributed by atoms with Gasteiger partial charge in [-0.2, -0.15) is 0 Å². The van der Waals surface area contributed by atoms with Gasteiger partial charge < -0.3 is 10.2 Å². The molecule has 9 heteroatoms. The zero-order valence-corrected chi connectivity index (χ0v) is 27.0. The summed E-state index contributed by atoms with van der Waals surface area (Å²) in [6.07, 6.45) is 5.51. The molecule has 1 atom stereocenters. The van der Waals surface area contributed by atoms with Gasteiger partial charge in [0.05, 0.1) is 10.6 Å². The van der Waals surface area contributed by atoms with Crippen LogP contribution in [0.5, 0.6) is 0 Å². The average Bonchev–Trinajstić information content (AvgIpc) is 2.98. The maximum atomic E-state index is 14.3. The molecule has 0 radical (unpaired) electrons. The second-order valence-electron chi connectivity index (χ2n) is 11.5. The third kappa shape index (κ3) is 8.18. The second kappa shape index (κ2) is 14.4. The van der Waals surface area contributed by atoms with Gasteiger partial charge in [-0.15, -0.1) is 0 Å². The molecule has 0 spiro atoms. The molecular weight excluding hydrogens is 582 g/mol. The zero-order valence-electron chi connectivity index (χ0n) is 25.5. The van der Waals surface area contributed by atoms with Crippen LogP contribution in [-0.4, -0.2) is 43.8 Å². The summed E-state index contributed by atoms with van der Waals surface area (Å²) in [5.41, 5.74) is 3.86. The van der Waals surface area contributed by atoms with Crippen LogP contribution < -0.4 is 9.62 Å². The van der Waals surface area contributed by atoms with Crippen LogP contribution in [0.2, 0.25) is 5.02 Å². The number of carbonyl (C=O) groups excluding carboxylic acids is 2. The predicted molar refractivity (Wildman–Crippen MR) is 173 cm³/mol. The summed E-state index contributed by atoms with van der Waals surface area (Å²) in [5, 5.41) is 3.74. The summed E-state index contributed by atoms with van der Waals surface area (Å²) in [7, 11) is -4.12. The third-order valence-corrected chi connectivity index (χ3v) is 10.1. The third-order valence-electron chi connectivity index (χ3n) is 8.11. The van der Waals surface area contributed by atoms with E-state index in [4.69, 9.17) is 11.6 Å². The minimum absolute atomic E-state index is 0.0800. The van der Waals surface area contributed by atoms with Crippen molar-refractivity contribution < 1.29 is 18.0 Å². The number of nitrogens with zero attached hydrogens (tertiary/aromatic N) is 2. The predicted octanol–water partition coefficient (Wildman–Crippen LogP) is 6.72. The fourth-order valence-corrected chi connectivity index (χ4v) is 7.29. The Morgan fingerprint density at radius 1 is 0.907 bits per heavy atom. The van der Waals surface area contributed by atoms with E-state index < -0.39 is 28.5 Å². The van der Waals surface area contributed by atoms with Gasteiger partial charge in [-0.1, -0.05) is 85.3 Å². The normalized spacial score (nSPS) is 14.6. The Balaban J connectivity index is 1.72. The highest BCUT2D eigenvalue weighted by Crippen LogP contribution is 2.29. The van der Waals surface area contributed by atoms with Gasteiger partial charge in [0, 0.05) is 17.6 Å². The smallest absolute Gasteiger partial charge is 0.264 e. The number of aryl methyl sites for hydroxylation is 3. The first-order valence-corrected chi connectivity index (χ1v) is 16.8. The van der Waals surface area contributed by atoms with Crippen molar-refractivity contribution in [2.24, 2.45) is 0 Å². The van der Waals surface area contributed by atoms with Crippen molar-refractivity contribution in [3.8, 4) is 0 Å². The van der Waals surface area contributed by atoms with Crippen molar-refractivity contribution in [3.05, 3.63) is 94.0 Å². The quantitative estimate of drug-likeness (QED) is 0.257. The van der Waals surface area contributed by atoms with Crippen LogP contribution in [0.15, 0.2) is 71.6 Å². The van der Waals surface area contributed by atoms with Crippen LogP contribution in [0.4, 0.5) is 5.69 Å². The molecule has 1 fully saturated rings. The van der Waals surface area contributed by atoms with E-state index in [2.05, 4.69) is 5.32 Å². The molecule has 230 valence electrons. The van der Waals surface area contributed by atoms with Gasteiger partial charge in [0.25, 0.3) is 10.0 Å². The van der Waals surface area contributed by atoms with E-state index in [1.54, 1.807) is 42.5 Å². The molecule has 3 aromatic carbocycles. The minimum atomic E-state index is -4.12. The lowest BCUT2D eigenvalue weighted by Gasteiger charge is -2.34. The van der Waals surface area contributed by atoms with Crippen LogP contribution in [0.3, 0.4) is 0 Å². The van der Waals surface area contributed by atoms with Gasteiger partial charge in [0.1, 0.15) is 12.6 Å². The summed E-state index contributed by atoms with van der Waals surface area (Å²) in [6.45, 7) is 7.21. The number of halogens is 1. The number of hydrogen-bond acceptors (Lipinski definition) is 4. The van der Waals surface area contributed by atoms with Crippen molar-refractivity contribution in [2.45, 2.75) is 89.7 Å². The molecule has 0 heterocycles. The van der Waals surface area contributed by atoms with E-state index in [0.717, 1.165) is 54.4 Å². The Bertz CT molecular complexity index is 1520. The Kier molecular flexibility index (Phi) is 10.9. The number of benzene rings is 3. The molecule has 43 heavy (non-hydrogen) atoms. The number of amides is 2. The lowest BCUT2D eigenvalue weighted by atomic mass is 9.95. The van der Waals surface area contributed by atoms with Gasteiger partial charge in [-0.05, 0) is 81.5 Å². The SMILES string of the molecule is CCC(C(=O)NC1CCCCC1)N(Cc1ccc(Cl)cc1)C(=O)CN(c1ccc(C)cc1C)S(=O)(=O)c1ccc(C)cc1. The standard InChI is InChI=1S/C34H42ClN3O4S/c1-5-31(34(40)36-29-9-7-6-8-10-29)37(22-27-14-16-28(35)17-15-27)33(39)23-38(32-20-13-25(3)21-26(32)4)43(41,42)30-18-11-24(2)12-19-30/h11-21,29,31H,5-10,22-23H2,1-4H3,(H,36,40). The average molecular weight is 624 g/mol. The lowest BCUT2D eigenvalue weighted by Crippen LogP contribution is -2.54. The summed E-state index contributed by atoms with van der Waals surface area (Å²) in [5.74, 6) is -0.674. The maximum absolute atomic E-state index is 14.3. The van der Waals surface area contributed by atoms with Gasteiger partial charge in [-0.25, -0.2) is 8.42 Å². The number of sulfonamides is 1. The molecule has 3 aromatic rings. The monoisotopic (exact) mass is 623 g/mol. The number of carbonyl (C=O) groups is 2. The van der Waals surface area contributed by atoms with E-state index in [0.29, 0.717) is 17.1 Å². The summed E-state index contributed by atoms with van der Waals surface area (Å²) in [4.78, 5) is 29.6. The van der Waals surface area contributed by atoms with Crippen molar-refractivity contribution >= 4 is 39.1 Å². The van der Waals surface area contributed by atoms with Gasteiger partial charge in [0.15, 0.2) is 0 Å². The molecule has 0 aromatic heterocycles. The molecule has 1 unspecified atom stereocenters. The number of rotatable bonds is 11. The van der Waals surface area contributed by atoms with Crippen LogP contribution in [0.1, 0.15) is 67.7 Å². The van der Waals surface area contributed by atoms with Gasteiger partial charge in [0.2, 0.25) is 11.8 Å². The molecule has 7 nitrogen and oxygen atoms in total. The molecule has 2 amide bonds. The Morgan fingerprint density at radius 3 is 2.14 bits per heavy atom. The topological polar surface area (TPSA) is 86.8 Å². The number of anilines is 1. The number of hydrogen-bond donors (Lipinski definition) is 1. The first-order chi connectivity index (χ1) is 20.5. The van der Waals surface area contributed by atoms with Crippen molar-refractivity contribution in [1.29, 1.82) is 0 Å². The number of nitrogens with one attached hydrogen (secondary N) is 1. The van der Waals surface area contributed by atoms with Gasteiger partial charge in [-0.3, -0.25) is 13.9 Å². The van der Waals surface area contributed by atoms with Crippen molar-refractivity contribution in [2.75, 3.05) is 10.8 Å². The van der Waals surface area contributed by atoms with Crippen LogP contribution in [0.25, 0.3) is 0 Å². The Hall–Kier alpha value is -3.36.